The second kappa shape index (κ2) is 11.8. The highest BCUT2D eigenvalue weighted by molar-refractivity contribution is 5.88. The third kappa shape index (κ3) is 7.17. The number of halogens is 1. The average Bonchev–Trinajstić information content (AvgIpc) is 2.82. The molecule has 0 heterocycles. The Morgan fingerprint density at radius 2 is 1.61 bits per heavy atom. The van der Waals surface area contributed by atoms with E-state index in [0.717, 1.165) is 16.7 Å². The molecule has 0 fully saturated rings. The summed E-state index contributed by atoms with van der Waals surface area (Å²) in [6, 6.07) is 22.3. The number of benzene rings is 3. The molecule has 3 aromatic carbocycles. The van der Waals surface area contributed by atoms with Crippen LogP contribution in [0.4, 0.5) is 4.39 Å². The van der Waals surface area contributed by atoms with Crippen LogP contribution in [0, 0.1) is 12.7 Å². The summed E-state index contributed by atoms with van der Waals surface area (Å²) in [5.74, 6) is -0.540. The fourth-order valence-electron chi connectivity index (χ4n) is 3.49. The molecule has 6 heteroatoms. The standard InChI is InChI=1S/C27H29FN2O3/c1-3-29-27(32)25(17-21-7-5-4-6-8-21)30(18-22-11-9-20(2)10-12-22)26(31)19-33-24-15-13-23(28)14-16-24/h4-16,25H,3,17-19H2,1-2H3,(H,29,32)/t25-/m1/s1. The molecule has 0 aliphatic carbocycles. The van der Waals surface area contributed by atoms with E-state index >= 15 is 0 Å². The maximum absolute atomic E-state index is 13.3. The number of nitrogens with zero attached hydrogens (tertiary/aromatic N) is 1. The Kier molecular flexibility index (Phi) is 8.58. The first-order valence-electron chi connectivity index (χ1n) is 11.0. The van der Waals surface area contributed by atoms with E-state index in [4.69, 9.17) is 4.74 Å². The van der Waals surface area contributed by atoms with Gasteiger partial charge in [-0.2, -0.15) is 0 Å². The second-order valence-corrected chi connectivity index (χ2v) is 7.85. The van der Waals surface area contributed by atoms with Gasteiger partial charge in [0.2, 0.25) is 5.91 Å². The van der Waals surface area contributed by atoms with Crippen LogP contribution >= 0.6 is 0 Å². The SMILES string of the molecule is CCNC(=O)[C@@H](Cc1ccccc1)N(Cc1ccc(C)cc1)C(=O)COc1ccc(F)cc1. The van der Waals surface area contributed by atoms with E-state index in [9.17, 15) is 14.0 Å². The van der Waals surface area contributed by atoms with E-state index in [1.165, 1.54) is 24.3 Å². The van der Waals surface area contributed by atoms with Crippen LogP contribution in [0.25, 0.3) is 0 Å². The monoisotopic (exact) mass is 448 g/mol. The Morgan fingerprint density at radius 1 is 0.939 bits per heavy atom. The summed E-state index contributed by atoms with van der Waals surface area (Å²) in [6.07, 6.45) is 0.376. The van der Waals surface area contributed by atoms with Crippen molar-refractivity contribution in [2.24, 2.45) is 0 Å². The number of nitrogens with one attached hydrogen (secondary N) is 1. The lowest BCUT2D eigenvalue weighted by atomic mass is 10.0. The van der Waals surface area contributed by atoms with Crippen LogP contribution in [-0.2, 0) is 22.6 Å². The Morgan fingerprint density at radius 3 is 2.24 bits per heavy atom. The van der Waals surface area contributed by atoms with Crippen molar-refractivity contribution in [2.75, 3.05) is 13.2 Å². The number of hydrogen-bond acceptors (Lipinski definition) is 3. The molecule has 3 aromatic rings. The van der Waals surface area contributed by atoms with Crippen molar-refractivity contribution >= 4 is 11.8 Å². The molecule has 0 aliphatic heterocycles. The van der Waals surface area contributed by atoms with Crippen LogP contribution in [-0.4, -0.2) is 35.9 Å². The number of aryl methyl sites for hydroxylation is 1. The Hall–Kier alpha value is -3.67. The molecule has 0 spiro atoms. The summed E-state index contributed by atoms with van der Waals surface area (Å²) in [6.45, 7) is 4.31. The van der Waals surface area contributed by atoms with E-state index in [1.54, 1.807) is 4.90 Å². The van der Waals surface area contributed by atoms with E-state index in [0.29, 0.717) is 18.7 Å². The van der Waals surface area contributed by atoms with Gasteiger partial charge in [-0.15, -0.1) is 0 Å². The first kappa shape index (κ1) is 24.0. The molecule has 0 radical (unpaired) electrons. The number of amides is 2. The van der Waals surface area contributed by atoms with Crippen LogP contribution in [0.5, 0.6) is 5.75 Å². The Labute approximate surface area is 194 Å². The van der Waals surface area contributed by atoms with Gasteiger partial charge in [0.05, 0.1) is 0 Å². The highest BCUT2D eigenvalue weighted by Gasteiger charge is 2.30. The number of ether oxygens (including phenoxy) is 1. The minimum Gasteiger partial charge on any atom is -0.484 e. The van der Waals surface area contributed by atoms with Gasteiger partial charge in [0.15, 0.2) is 6.61 Å². The van der Waals surface area contributed by atoms with Crippen molar-refractivity contribution in [3.63, 3.8) is 0 Å². The molecule has 0 unspecified atom stereocenters. The van der Waals surface area contributed by atoms with Gasteiger partial charge in [0.25, 0.3) is 5.91 Å². The number of carbonyl (C=O) groups is 2. The van der Waals surface area contributed by atoms with Gasteiger partial charge in [-0.05, 0) is 49.2 Å². The van der Waals surface area contributed by atoms with Gasteiger partial charge in [0, 0.05) is 19.5 Å². The molecule has 3 rings (SSSR count). The van der Waals surface area contributed by atoms with E-state index in [2.05, 4.69) is 5.32 Å². The quantitative estimate of drug-likeness (QED) is 0.503. The number of carbonyl (C=O) groups excluding carboxylic acids is 2. The summed E-state index contributed by atoms with van der Waals surface area (Å²) >= 11 is 0. The van der Waals surface area contributed by atoms with Crippen LogP contribution in [0.3, 0.4) is 0 Å². The van der Waals surface area contributed by atoms with Crippen LogP contribution in [0.15, 0.2) is 78.9 Å². The van der Waals surface area contributed by atoms with E-state index < -0.39 is 6.04 Å². The van der Waals surface area contributed by atoms with Crippen LogP contribution in [0.1, 0.15) is 23.6 Å². The summed E-state index contributed by atoms with van der Waals surface area (Å²) in [5, 5.41) is 2.86. The fourth-order valence-corrected chi connectivity index (χ4v) is 3.49. The fraction of sp³-hybridized carbons (Fsp3) is 0.259. The van der Waals surface area contributed by atoms with Gasteiger partial charge in [0.1, 0.15) is 17.6 Å². The van der Waals surface area contributed by atoms with Crippen molar-refractivity contribution in [1.82, 2.24) is 10.2 Å². The predicted molar refractivity (Wildman–Crippen MR) is 126 cm³/mol. The third-order valence-corrected chi connectivity index (χ3v) is 5.27. The maximum Gasteiger partial charge on any atom is 0.261 e. The lowest BCUT2D eigenvalue weighted by Gasteiger charge is -2.31. The molecule has 33 heavy (non-hydrogen) atoms. The average molecular weight is 449 g/mol. The normalized spacial score (nSPS) is 11.5. The topological polar surface area (TPSA) is 58.6 Å². The zero-order chi connectivity index (χ0) is 23.6. The molecular formula is C27H29FN2O3. The minimum atomic E-state index is -0.710. The lowest BCUT2D eigenvalue weighted by Crippen LogP contribution is -2.51. The molecular weight excluding hydrogens is 419 g/mol. The van der Waals surface area contributed by atoms with Crippen molar-refractivity contribution in [3.8, 4) is 5.75 Å². The number of rotatable bonds is 10. The molecule has 1 atom stereocenters. The van der Waals surface area contributed by atoms with Gasteiger partial charge in [-0.3, -0.25) is 9.59 Å². The third-order valence-electron chi connectivity index (χ3n) is 5.27. The van der Waals surface area contributed by atoms with Gasteiger partial charge in [-0.25, -0.2) is 4.39 Å². The second-order valence-electron chi connectivity index (χ2n) is 7.85. The maximum atomic E-state index is 13.3. The predicted octanol–water partition coefficient (Wildman–Crippen LogP) is 4.29. The first-order valence-corrected chi connectivity index (χ1v) is 11.0. The van der Waals surface area contributed by atoms with E-state index in [-0.39, 0.29) is 30.8 Å². The lowest BCUT2D eigenvalue weighted by molar-refractivity contribution is -0.142. The summed E-state index contributed by atoms with van der Waals surface area (Å²) in [5.41, 5.74) is 2.98. The van der Waals surface area contributed by atoms with Crippen LogP contribution in [0.2, 0.25) is 0 Å². The van der Waals surface area contributed by atoms with Gasteiger partial charge >= 0.3 is 0 Å². The summed E-state index contributed by atoms with van der Waals surface area (Å²) in [4.78, 5) is 28.0. The Bertz CT molecular complexity index is 1040. The molecule has 172 valence electrons. The molecule has 0 aliphatic rings. The zero-order valence-corrected chi connectivity index (χ0v) is 19.0. The van der Waals surface area contributed by atoms with Gasteiger partial charge in [-0.1, -0.05) is 60.2 Å². The molecule has 1 N–H and O–H groups in total. The molecule has 0 bridgehead atoms. The van der Waals surface area contributed by atoms with Crippen LogP contribution < -0.4 is 10.1 Å². The zero-order valence-electron chi connectivity index (χ0n) is 19.0. The molecule has 0 saturated heterocycles. The first-order chi connectivity index (χ1) is 16.0. The summed E-state index contributed by atoms with van der Waals surface area (Å²) in [7, 11) is 0. The van der Waals surface area contributed by atoms with E-state index in [1.807, 2.05) is 68.4 Å². The van der Waals surface area contributed by atoms with Crippen molar-refractivity contribution in [1.29, 1.82) is 0 Å². The highest BCUT2D eigenvalue weighted by Crippen LogP contribution is 2.17. The summed E-state index contributed by atoms with van der Waals surface area (Å²) < 4.78 is 18.8. The van der Waals surface area contributed by atoms with Gasteiger partial charge < -0.3 is 15.0 Å². The van der Waals surface area contributed by atoms with Crippen molar-refractivity contribution in [3.05, 3.63) is 101 Å². The van der Waals surface area contributed by atoms with Crippen molar-refractivity contribution < 1.29 is 18.7 Å². The largest absolute Gasteiger partial charge is 0.484 e. The molecule has 2 amide bonds. The smallest absolute Gasteiger partial charge is 0.261 e. The number of likely N-dealkylation sites (N-methyl/N-ethyl adjacent to an activating group) is 1. The highest BCUT2D eigenvalue weighted by atomic mass is 19.1. The Balaban J connectivity index is 1.87. The molecule has 0 saturated carbocycles. The molecule has 0 aromatic heterocycles. The number of hydrogen-bond donors (Lipinski definition) is 1. The molecule has 5 nitrogen and oxygen atoms in total. The minimum absolute atomic E-state index is 0.219. The van der Waals surface area contributed by atoms with Crippen molar-refractivity contribution in [2.45, 2.75) is 32.9 Å².